The summed E-state index contributed by atoms with van der Waals surface area (Å²) in [6.45, 7) is 7.56. The minimum Gasteiger partial charge on any atom is -0.396 e. The number of nitrogens with zero attached hydrogens (tertiary/aromatic N) is 3. The summed E-state index contributed by atoms with van der Waals surface area (Å²) in [5.41, 5.74) is 6.19. The van der Waals surface area contributed by atoms with Crippen molar-refractivity contribution in [3.8, 4) is 6.07 Å². The van der Waals surface area contributed by atoms with E-state index in [4.69, 9.17) is 5.73 Å². The van der Waals surface area contributed by atoms with Crippen LogP contribution in [0.15, 0.2) is 53.4 Å². The fourth-order valence-electron chi connectivity index (χ4n) is 2.35. The summed E-state index contributed by atoms with van der Waals surface area (Å²) >= 11 is 0. The molecule has 0 amide bonds. The molecule has 0 bridgehead atoms. The van der Waals surface area contributed by atoms with Gasteiger partial charge in [-0.25, -0.2) is 13.8 Å². The summed E-state index contributed by atoms with van der Waals surface area (Å²) in [5, 5.41) is 15.0. The molecule has 24 heavy (non-hydrogen) atoms. The van der Waals surface area contributed by atoms with E-state index >= 15 is 0 Å². The van der Waals surface area contributed by atoms with Crippen molar-refractivity contribution >= 4 is 11.4 Å². The molecule has 4 nitrogen and oxygen atoms in total. The van der Waals surface area contributed by atoms with Crippen LogP contribution in [-0.4, -0.2) is 10.7 Å². The molecule has 1 unspecified atom stereocenters. The first kappa shape index (κ1) is 17.4. The van der Waals surface area contributed by atoms with E-state index in [1.165, 1.54) is 17.3 Å². The zero-order valence-electron chi connectivity index (χ0n) is 13.6. The van der Waals surface area contributed by atoms with Crippen LogP contribution in [0, 0.1) is 28.9 Å². The van der Waals surface area contributed by atoms with Gasteiger partial charge >= 0.3 is 0 Å². The third-order valence-corrected chi connectivity index (χ3v) is 3.91. The maximum absolute atomic E-state index is 14.2. The van der Waals surface area contributed by atoms with Gasteiger partial charge in [-0.15, -0.1) is 0 Å². The molecule has 0 saturated carbocycles. The van der Waals surface area contributed by atoms with E-state index in [2.05, 4.69) is 17.7 Å². The van der Waals surface area contributed by atoms with E-state index in [0.29, 0.717) is 11.3 Å². The van der Waals surface area contributed by atoms with Gasteiger partial charge in [-0.3, -0.25) is 0 Å². The Morgan fingerprint density at radius 3 is 2.75 bits per heavy atom. The second kappa shape index (κ2) is 7.09. The first-order chi connectivity index (χ1) is 11.4. The summed E-state index contributed by atoms with van der Waals surface area (Å²) in [4.78, 5) is 0. The monoisotopic (exact) mass is 328 g/mol. The molecule has 2 N–H and O–H groups in total. The number of nitriles is 1. The van der Waals surface area contributed by atoms with Crippen LogP contribution in [0.25, 0.3) is 0 Å². The molecule has 2 rings (SSSR count). The Morgan fingerprint density at radius 1 is 1.46 bits per heavy atom. The minimum absolute atomic E-state index is 0.0229. The van der Waals surface area contributed by atoms with Crippen molar-refractivity contribution in [1.29, 1.82) is 5.26 Å². The lowest BCUT2D eigenvalue weighted by molar-refractivity contribution is 0.493. The molecule has 0 aliphatic carbocycles. The van der Waals surface area contributed by atoms with Crippen molar-refractivity contribution in [2.45, 2.75) is 20.3 Å². The Bertz CT molecular complexity index is 800. The van der Waals surface area contributed by atoms with Crippen LogP contribution in [0.2, 0.25) is 0 Å². The zero-order valence-corrected chi connectivity index (χ0v) is 13.6. The Morgan fingerprint density at radius 2 is 2.17 bits per heavy atom. The number of hydrogen-bond donors (Lipinski definition) is 1. The molecule has 6 heteroatoms. The van der Waals surface area contributed by atoms with Gasteiger partial charge < -0.3 is 5.73 Å². The Kier molecular flexibility index (Phi) is 5.14. The number of allylic oxidation sites excluding steroid dienone is 3. The predicted molar refractivity (Wildman–Crippen MR) is 90.6 cm³/mol. The van der Waals surface area contributed by atoms with E-state index in [1.54, 1.807) is 6.08 Å². The molecule has 1 heterocycles. The average Bonchev–Trinajstić information content (AvgIpc) is 2.59. The van der Waals surface area contributed by atoms with Gasteiger partial charge in [0.15, 0.2) is 5.82 Å². The van der Waals surface area contributed by atoms with Crippen molar-refractivity contribution in [2.75, 3.05) is 5.73 Å². The highest BCUT2D eigenvalue weighted by Crippen LogP contribution is 2.27. The third kappa shape index (κ3) is 3.06. The molecule has 0 fully saturated rings. The van der Waals surface area contributed by atoms with Crippen LogP contribution < -0.4 is 5.73 Å². The van der Waals surface area contributed by atoms with Crippen molar-refractivity contribution in [1.82, 2.24) is 5.01 Å². The van der Waals surface area contributed by atoms with Crippen molar-refractivity contribution < 1.29 is 8.78 Å². The maximum atomic E-state index is 14.2. The first-order valence-corrected chi connectivity index (χ1v) is 7.51. The lowest BCUT2D eigenvalue weighted by Crippen LogP contribution is -2.20. The SMILES string of the molecule is C=CN1N=C(c2c(F)ccc(N)c2F)C=C/C1=C(\C#N)C(C)CC. The van der Waals surface area contributed by atoms with Gasteiger partial charge in [-0.1, -0.05) is 20.4 Å². The molecule has 1 atom stereocenters. The summed E-state index contributed by atoms with van der Waals surface area (Å²) in [6, 6.07) is 4.43. The van der Waals surface area contributed by atoms with Gasteiger partial charge in [0.2, 0.25) is 0 Å². The zero-order chi connectivity index (χ0) is 17.9. The number of halogens is 2. The molecule has 1 aliphatic heterocycles. The molecule has 1 aromatic carbocycles. The first-order valence-electron chi connectivity index (χ1n) is 7.51. The van der Waals surface area contributed by atoms with Crippen LogP contribution in [0.3, 0.4) is 0 Å². The summed E-state index contributed by atoms with van der Waals surface area (Å²) in [7, 11) is 0. The summed E-state index contributed by atoms with van der Waals surface area (Å²) in [5.74, 6) is -1.60. The fourth-order valence-corrected chi connectivity index (χ4v) is 2.35. The Hall–Kier alpha value is -2.94. The van der Waals surface area contributed by atoms with E-state index in [1.807, 2.05) is 13.8 Å². The highest BCUT2D eigenvalue weighted by Gasteiger charge is 2.22. The van der Waals surface area contributed by atoms with Crippen molar-refractivity contribution in [2.24, 2.45) is 11.0 Å². The number of anilines is 1. The largest absolute Gasteiger partial charge is 0.396 e. The number of nitrogen functional groups attached to an aromatic ring is 1. The van der Waals surface area contributed by atoms with Crippen molar-refractivity contribution in [3.63, 3.8) is 0 Å². The number of hydrogen-bond acceptors (Lipinski definition) is 4. The van der Waals surface area contributed by atoms with E-state index in [-0.39, 0.29) is 22.9 Å². The second-order valence-corrected chi connectivity index (χ2v) is 5.39. The van der Waals surface area contributed by atoms with Gasteiger partial charge in [0, 0.05) is 6.20 Å². The van der Waals surface area contributed by atoms with Gasteiger partial charge in [0.05, 0.1) is 34.3 Å². The summed E-state index contributed by atoms with van der Waals surface area (Å²) in [6.07, 6.45) is 5.24. The number of hydrazone groups is 1. The molecule has 0 radical (unpaired) electrons. The standard InChI is InChI=1S/C18H18F2N4/c1-4-11(3)12(10-21)16-9-8-15(23-24(16)5-2)17-13(19)6-7-14(22)18(17)20/h5-9,11H,2,4,22H2,1,3H3/b16-12-. The lowest BCUT2D eigenvalue weighted by Gasteiger charge is -2.24. The lowest BCUT2D eigenvalue weighted by atomic mass is 9.96. The quantitative estimate of drug-likeness (QED) is 0.669. The van der Waals surface area contributed by atoms with Crippen LogP contribution in [0.1, 0.15) is 25.8 Å². The van der Waals surface area contributed by atoms with Gasteiger partial charge in [-0.2, -0.15) is 10.4 Å². The molecule has 0 spiro atoms. The highest BCUT2D eigenvalue weighted by molar-refractivity contribution is 6.10. The van der Waals surface area contributed by atoms with Crippen LogP contribution in [0.4, 0.5) is 14.5 Å². The maximum Gasteiger partial charge on any atom is 0.158 e. The molecule has 124 valence electrons. The summed E-state index contributed by atoms with van der Waals surface area (Å²) < 4.78 is 28.2. The second-order valence-electron chi connectivity index (χ2n) is 5.39. The van der Waals surface area contributed by atoms with Gasteiger partial charge in [0.1, 0.15) is 5.82 Å². The molecule has 1 aliphatic rings. The Labute approximate surface area is 139 Å². The predicted octanol–water partition coefficient (Wildman–Crippen LogP) is 4.09. The Balaban J connectivity index is 2.57. The van der Waals surface area contributed by atoms with Crippen LogP contribution in [-0.2, 0) is 0 Å². The average molecular weight is 328 g/mol. The minimum atomic E-state index is -0.864. The van der Waals surface area contributed by atoms with Gasteiger partial charge in [-0.05, 0) is 36.6 Å². The van der Waals surface area contributed by atoms with Gasteiger partial charge in [0.25, 0.3) is 0 Å². The topological polar surface area (TPSA) is 65.4 Å². The van der Waals surface area contributed by atoms with E-state index < -0.39 is 11.6 Å². The number of rotatable bonds is 4. The molecular weight excluding hydrogens is 310 g/mol. The number of benzene rings is 1. The van der Waals surface area contributed by atoms with Crippen LogP contribution >= 0.6 is 0 Å². The van der Waals surface area contributed by atoms with Crippen LogP contribution in [0.5, 0.6) is 0 Å². The molecule has 0 aromatic heterocycles. The van der Waals surface area contributed by atoms with E-state index in [9.17, 15) is 14.0 Å². The third-order valence-electron chi connectivity index (χ3n) is 3.91. The molecular formula is C18H18F2N4. The highest BCUT2D eigenvalue weighted by atomic mass is 19.1. The number of nitrogens with two attached hydrogens (primary N) is 1. The van der Waals surface area contributed by atoms with Crippen molar-refractivity contribution in [3.05, 3.63) is 65.5 Å². The normalized spacial score (nSPS) is 17.1. The smallest absolute Gasteiger partial charge is 0.158 e. The van der Waals surface area contributed by atoms with E-state index in [0.717, 1.165) is 18.6 Å². The molecule has 0 saturated heterocycles. The fraction of sp³-hybridized carbons (Fsp3) is 0.222. The molecule has 1 aromatic rings.